The Labute approximate surface area is 163 Å². The zero-order chi connectivity index (χ0) is 18.2. The monoisotopic (exact) mass is 376 g/mol. The quantitative estimate of drug-likeness (QED) is 0.691. The van der Waals surface area contributed by atoms with Crippen molar-refractivity contribution in [1.82, 2.24) is 0 Å². The van der Waals surface area contributed by atoms with Crippen LogP contribution in [0.5, 0.6) is 0 Å². The molecule has 0 N–H and O–H groups in total. The number of epoxide rings is 4. The molecule has 4 heteroatoms. The minimum absolute atomic E-state index is 0.536. The number of fused-ring (bicyclic) bond motifs is 3. The second kappa shape index (κ2) is 6.17. The highest BCUT2D eigenvalue weighted by molar-refractivity contribution is 5.03. The van der Waals surface area contributed by atoms with E-state index >= 15 is 0 Å². The van der Waals surface area contributed by atoms with E-state index in [1.807, 2.05) is 0 Å². The van der Waals surface area contributed by atoms with Crippen LogP contribution in [0.4, 0.5) is 0 Å². The Morgan fingerprint density at radius 3 is 1.74 bits per heavy atom. The summed E-state index contributed by atoms with van der Waals surface area (Å²) in [6.45, 7) is 6.01. The van der Waals surface area contributed by atoms with Gasteiger partial charge in [-0.05, 0) is 81.0 Å². The Bertz CT molecular complexity index is 559. The molecule has 3 saturated carbocycles. The molecule has 0 spiro atoms. The van der Waals surface area contributed by atoms with Crippen LogP contribution in [0.1, 0.15) is 78.1 Å². The average Bonchev–Trinajstić information content (AvgIpc) is 3.49. The molecule has 0 radical (unpaired) electrons. The van der Waals surface area contributed by atoms with Gasteiger partial charge in [0.25, 0.3) is 0 Å². The van der Waals surface area contributed by atoms with Crippen LogP contribution in [0.15, 0.2) is 0 Å². The van der Waals surface area contributed by atoms with Crippen LogP contribution in [0.3, 0.4) is 0 Å². The number of hydrogen-bond donors (Lipinski definition) is 0. The lowest BCUT2D eigenvalue weighted by atomic mass is 9.62. The fourth-order valence-electron chi connectivity index (χ4n) is 6.83. The highest BCUT2D eigenvalue weighted by Crippen LogP contribution is 2.56. The molecule has 10 atom stereocenters. The molecule has 0 aromatic rings. The summed E-state index contributed by atoms with van der Waals surface area (Å²) in [5.74, 6) is 0.837. The molecule has 0 bridgehead atoms. The Morgan fingerprint density at radius 2 is 1.22 bits per heavy atom. The molecule has 10 unspecified atom stereocenters. The Balaban J connectivity index is 0.000000124. The first-order valence-electron chi connectivity index (χ1n) is 11.6. The van der Waals surface area contributed by atoms with E-state index < -0.39 is 0 Å². The van der Waals surface area contributed by atoms with Gasteiger partial charge in [0.05, 0.1) is 49.3 Å². The van der Waals surface area contributed by atoms with Gasteiger partial charge < -0.3 is 18.9 Å². The van der Waals surface area contributed by atoms with Crippen LogP contribution in [-0.2, 0) is 18.9 Å². The molecule has 7 rings (SSSR count). The van der Waals surface area contributed by atoms with Gasteiger partial charge in [-0.15, -0.1) is 0 Å². The van der Waals surface area contributed by atoms with Crippen molar-refractivity contribution in [3.63, 3.8) is 0 Å². The van der Waals surface area contributed by atoms with Crippen molar-refractivity contribution in [2.24, 2.45) is 16.7 Å². The third kappa shape index (κ3) is 3.84. The van der Waals surface area contributed by atoms with E-state index in [0.29, 0.717) is 53.6 Å². The molecule has 4 nitrogen and oxygen atoms in total. The first-order chi connectivity index (χ1) is 13.0. The zero-order valence-corrected chi connectivity index (χ0v) is 17.0. The number of rotatable bonds is 3. The predicted molar refractivity (Wildman–Crippen MR) is 102 cm³/mol. The van der Waals surface area contributed by atoms with E-state index in [2.05, 4.69) is 13.8 Å². The summed E-state index contributed by atoms with van der Waals surface area (Å²) in [6.07, 6.45) is 17.7. The van der Waals surface area contributed by atoms with Gasteiger partial charge in [0.1, 0.15) is 0 Å². The summed E-state index contributed by atoms with van der Waals surface area (Å²) < 4.78 is 22.1. The first-order valence-corrected chi connectivity index (χ1v) is 11.6. The second-order valence-corrected chi connectivity index (χ2v) is 11.4. The van der Waals surface area contributed by atoms with E-state index in [1.54, 1.807) is 0 Å². The van der Waals surface area contributed by atoms with E-state index in [1.165, 1.54) is 64.2 Å². The molecule has 4 heterocycles. The summed E-state index contributed by atoms with van der Waals surface area (Å²) in [7, 11) is 0. The third-order valence-corrected chi connectivity index (χ3v) is 8.61. The summed E-state index contributed by atoms with van der Waals surface area (Å²) in [5, 5.41) is 0. The minimum Gasteiger partial charge on any atom is -0.373 e. The van der Waals surface area contributed by atoms with Crippen molar-refractivity contribution < 1.29 is 18.9 Å². The molecule has 4 saturated heterocycles. The molecule has 0 aromatic carbocycles. The smallest absolute Gasteiger partial charge is 0.0847 e. The molecule has 7 fully saturated rings. The molecule has 152 valence electrons. The van der Waals surface area contributed by atoms with Crippen molar-refractivity contribution in [1.29, 1.82) is 0 Å². The van der Waals surface area contributed by atoms with E-state index in [9.17, 15) is 0 Å². The SMILES string of the molecule is C1CC2OC2CC1C1CO1.CC1(CC2(C)CCC3OC3C2)CCC2OC2C1. The van der Waals surface area contributed by atoms with Crippen LogP contribution < -0.4 is 0 Å². The molecule has 3 aliphatic carbocycles. The standard InChI is InChI=1S/C15H24O2.C8H12O2/c1-14(5-3-10-12(7-14)16-10)9-15(2)6-4-11-13(8-15)17-11;1-2-6-7(10-6)3-5(1)8-4-9-8/h10-13H,3-9H2,1-2H3;5-8H,1-4H2. The lowest BCUT2D eigenvalue weighted by molar-refractivity contribution is 0.0947. The maximum atomic E-state index is 5.70. The second-order valence-electron chi connectivity index (χ2n) is 11.4. The van der Waals surface area contributed by atoms with Gasteiger partial charge in [0.15, 0.2) is 0 Å². The minimum atomic E-state index is 0.536. The molecule has 0 amide bonds. The molecule has 27 heavy (non-hydrogen) atoms. The fourth-order valence-corrected chi connectivity index (χ4v) is 6.83. The largest absolute Gasteiger partial charge is 0.373 e. The summed E-state index contributed by atoms with van der Waals surface area (Å²) in [5.41, 5.74) is 1.07. The maximum Gasteiger partial charge on any atom is 0.0847 e. The van der Waals surface area contributed by atoms with Gasteiger partial charge in [0.2, 0.25) is 0 Å². The Morgan fingerprint density at radius 1 is 0.667 bits per heavy atom. The zero-order valence-electron chi connectivity index (χ0n) is 17.0. The maximum absolute atomic E-state index is 5.70. The molecule has 7 aliphatic rings. The average molecular weight is 377 g/mol. The molecular weight excluding hydrogens is 340 g/mol. The summed E-state index contributed by atoms with van der Waals surface area (Å²) in [4.78, 5) is 0. The van der Waals surface area contributed by atoms with Crippen LogP contribution in [0.25, 0.3) is 0 Å². The lowest BCUT2D eigenvalue weighted by Gasteiger charge is -2.42. The van der Waals surface area contributed by atoms with Crippen LogP contribution in [0, 0.1) is 16.7 Å². The van der Waals surface area contributed by atoms with Crippen molar-refractivity contribution in [3.05, 3.63) is 0 Å². The Hall–Kier alpha value is -0.160. The third-order valence-electron chi connectivity index (χ3n) is 8.61. The van der Waals surface area contributed by atoms with Crippen LogP contribution >= 0.6 is 0 Å². The van der Waals surface area contributed by atoms with E-state index in [-0.39, 0.29) is 0 Å². The summed E-state index contributed by atoms with van der Waals surface area (Å²) in [6, 6.07) is 0. The lowest BCUT2D eigenvalue weighted by Crippen LogP contribution is -2.34. The summed E-state index contributed by atoms with van der Waals surface area (Å²) >= 11 is 0. The Kier molecular flexibility index (Phi) is 4.04. The van der Waals surface area contributed by atoms with Crippen molar-refractivity contribution in [2.45, 2.75) is 121 Å². The highest BCUT2D eigenvalue weighted by Gasteiger charge is 2.54. The van der Waals surface area contributed by atoms with Crippen molar-refractivity contribution >= 4 is 0 Å². The van der Waals surface area contributed by atoms with Gasteiger partial charge >= 0.3 is 0 Å². The fraction of sp³-hybridized carbons (Fsp3) is 1.00. The number of hydrogen-bond acceptors (Lipinski definition) is 4. The first kappa shape index (κ1) is 17.7. The predicted octanol–water partition coefficient (Wildman–Crippen LogP) is 4.24. The van der Waals surface area contributed by atoms with Crippen molar-refractivity contribution in [3.8, 4) is 0 Å². The van der Waals surface area contributed by atoms with E-state index in [0.717, 1.165) is 12.5 Å². The van der Waals surface area contributed by atoms with Crippen LogP contribution in [0.2, 0.25) is 0 Å². The normalized spacial score (nSPS) is 59.3. The van der Waals surface area contributed by atoms with Crippen LogP contribution in [-0.4, -0.2) is 49.3 Å². The molecule has 0 aromatic heterocycles. The van der Waals surface area contributed by atoms with Crippen molar-refractivity contribution in [2.75, 3.05) is 6.61 Å². The highest BCUT2D eigenvalue weighted by atomic mass is 16.6. The van der Waals surface area contributed by atoms with Gasteiger partial charge in [-0.25, -0.2) is 0 Å². The molecule has 4 aliphatic heterocycles. The topological polar surface area (TPSA) is 50.1 Å². The van der Waals surface area contributed by atoms with Gasteiger partial charge in [-0.1, -0.05) is 13.8 Å². The number of ether oxygens (including phenoxy) is 4. The van der Waals surface area contributed by atoms with Gasteiger partial charge in [-0.2, -0.15) is 0 Å². The van der Waals surface area contributed by atoms with Gasteiger partial charge in [-0.3, -0.25) is 0 Å². The molecular formula is C23H36O4. The van der Waals surface area contributed by atoms with E-state index in [4.69, 9.17) is 18.9 Å². The van der Waals surface area contributed by atoms with Gasteiger partial charge in [0, 0.05) is 0 Å².